The van der Waals surface area contributed by atoms with Crippen LogP contribution in [0, 0.1) is 0 Å². The Balaban J connectivity index is 2.11. The first-order chi connectivity index (χ1) is 9.38. The molecule has 5 nitrogen and oxygen atoms in total. The fraction of sp³-hybridized carbons (Fsp3) is 0.385. The first-order valence-electron chi connectivity index (χ1n) is 6.11. The summed E-state index contributed by atoms with van der Waals surface area (Å²) in [4.78, 5) is 25.1. The molecular formula is C13H14Cl2N2O3. The molecule has 0 saturated carbocycles. The van der Waals surface area contributed by atoms with E-state index in [1.54, 1.807) is 11.9 Å². The van der Waals surface area contributed by atoms with Crippen LogP contribution >= 0.6 is 23.2 Å². The minimum atomic E-state index is -0.475. The molecule has 1 atom stereocenters. The van der Waals surface area contributed by atoms with Crippen molar-refractivity contribution in [2.75, 3.05) is 13.6 Å². The second-order valence-electron chi connectivity index (χ2n) is 4.77. The maximum Gasteiger partial charge on any atom is 0.256 e. The highest BCUT2D eigenvalue weighted by atomic mass is 35.5. The van der Waals surface area contributed by atoms with Gasteiger partial charge in [0.25, 0.3) is 5.91 Å². The SMILES string of the molecule is CN1C[C@@H](NC(=O)c2c(O)cc(Cl)cc2Cl)CCC1=O. The van der Waals surface area contributed by atoms with E-state index in [9.17, 15) is 14.7 Å². The molecule has 0 radical (unpaired) electrons. The lowest BCUT2D eigenvalue weighted by Gasteiger charge is -2.30. The van der Waals surface area contributed by atoms with E-state index < -0.39 is 5.91 Å². The summed E-state index contributed by atoms with van der Waals surface area (Å²) >= 11 is 11.7. The van der Waals surface area contributed by atoms with E-state index >= 15 is 0 Å². The fourth-order valence-electron chi connectivity index (χ4n) is 2.17. The minimum Gasteiger partial charge on any atom is -0.507 e. The number of nitrogens with one attached hydrogen (secondary N) is 1. The van der Waals surface area contributed by atoms with E-state index in [-0.39, 0.29) is 33.3 Å². The van der Waals surface area contributed by atoms with Gasteiger partial charge in [0.1, 0.15) is 5.75 Å². The van der Waals surface area contributed by atoms with Gasteiger partial charge < -0.3 is 15.3 Å². The molecular weight excluding hydrogens is 303 g/mol. The van der Waals surface area contributed by atoms with Gasteiger partial charge in [-0.15, -0.1) is 0 Å². The Morgan fingerprint density at radius 2 is 2.15 bits per heavy atom. The molecule has 2 amide bonds. The van der Waals surface area contributed by atoms with Gasteiger partial charge in [0, 0.05) is 31.1 Å². The fourth-order valence-corrected chi connectivity index (χ4v) is 2.74. The van der Waals surface area contributed by atoms with E-state index in [4.69, 9.17) is 23.2 Å². The van der Waals surface area contributed by atoms with E-state index in [1.165, 1.54) is 12.1 Å². The Bertz CT molecular complexity index is 540. The lowest BCUT2D eigenvalue weighted by Crippen LogP contribution is -2.48. The highest BCUT2D eigenvalue weighted by Crippen LogP contribution is 2.30. The molecule has 1 saturated heterocycles. The van der Waals surface area contributed by atoms with Gasteiger partial charge in [0.15, 0.2) is 0 Å². The van der Waals surface area contributed by atoms with Gasteiger partial charge >= 0.3 is 0 Å². The van der Waals surface area contributed by atoms with Crippen molar-refractivity contribution in [3.05, 3.63) is 27.7 Å². The van der Waals surface area contributed by atoms with Gasteiger partial charge in [-0.25, -0.2) is 0 Å². The number of likely N-dealkylation sites (tertiary alicyclic amines) is 1. The molecule has 2 rings (SSSR count). The number of benzene rings is 1. The predicted molar refractivity (Wildman–Crippen MR) is 76.3 cm³/mol. The molecule has 2 N–H and O–H groups in total. The molecule has 1 heterocycles. The maximum atomic E-state index is 12.2. The van der Waals surface area contributed by atoms with Crippen molar-refractivity contribution in [3.63, 3.8) is 0 Å². The van der Waals surface area contributed by atoms with Crippen LogP contribution in [0.25, 0.3) is 0 Å². The highest BCUT2D eigenvalue weighted by molar-refractivity contribution is 6.37. The Morgan fingerprint density at radius 1 is 1.45 bits per heavy atom. The Morgan fingerprint density at radius 3 is 2.75 bits per heavy atom. The van der Waals surface area contributed by atoms with E-state index in [2.05, 4.69) is 5.32 Å². The lowest BCUT2D eigenvalue weighted by atomic mass is 10.0. The van der Waals surface area contributed by atoms with Gasteiger partial charge in [-0.1, -0.05) is 23.2 Å². The number of hydrogen-bond acceptors (Lipinski definition) is 3. The summed E-state index contributed by atoms with van der Waals surface area (Å²) in [6.07, 6.45) is 0.961. The molecule has 108 valence electrons. The first-order valence-corrected chi connectivity index (χ1v) is 6.87. The molecule has 1 aromatic rings. The average molecular weight is 317 g/mol. The number of hydrogen-bond donors (Lipinski definition) is 2. The van der Waals surface area contributed by atoms with Crippen molar-refractivity contribution < 1.29 is 14.7 Å². The third kappa shape index (κ3) is 3.16. The van der Waals surface area contributed by atoms with Crippen LogP contribution in [-0.2, 0) is 4.79 Å². The van der Waals surface area contributed by atoms with Gasteiger partial charge in [0.2, 0.25) is 5.91 Å². The predicted octanol–water partition coefficient (Wildman–Crippen LogP) is 2.05. The summed E-state index contributed by atoms with van der Waals surface area (Å²) in [5.41, 5.74) is -0.00406. The van der Waals surface area contributed by atoms with Crippen molar-refractivity contribution in [2.45, 2.75) is 18.9 Å². The molecule has 0 unspecified atom stereocenters. The van der Waals surface area contributed by atoms with E-state index in [0.717, 1.165) is 0 Å². The number of amides is 2. The zero-order valence-corrected chi connectivity index (χ0v) is 12.3. The molecule has 0 spiro atoms. The van der Waals surface area contributed by atoms with Crippen LogP contribution in [0.4, 0.5) is 0 Å². The summed E-state index contributed by atoms with van der Waals surface area (Å²) in [5.74, 6) is -0.681. The largest absolute Gasteiger partial charge is 0.507 e. The zero-order chi connectivity index (χ0) is 14.9. The number of phenols is 1. The van der Waals surface area contributed by atoms with Gasteiger partial charge in [0.05, 0.1) is 10.6 Å². The molecule has 20 heavy (non-hydrogen) atoms. The topological polar surface area (TPSA) is 69.6 Å². The Hall–Kier alpha value is -1.46. The molecule has 0 aliphatic carbocycles. The number of likely N-dealkylation sites (N-methyl/N-ethyl adjacent to an activating group) is 1. The number of piperidine rings is 1. The van der Waals surface area contributed by atoms with Crippen molar-refractivity contribution >= 4 is 35.0 Å². The molecule has 0 bridgehead atoms. The van der Waals surface area contributed by atoms with E-state index in [1.807, 2.05) is 0 Å². The molecule has 1 aromatic carbocycles. The molecule has 1 aliphatic rings. The third-order valence-corrected chi connectivity index (χ3v) is 3.74. The van der Waals surface area contributed by atoms with Crippen LogP contribution in [0.15, 0.2) is 12.1 Å². The summed E-state index contributed by atoms with van der Waals surface area (Å²) in [6.45, 7) is 0.441. The second-order valence-corrected chi connectivity index (χ2v) is 5.61. The maximum absolute atomic E-state index is 12.2. The van der Waals surface area contributed by atoms with Crippen LogP contribution < -0.4 is 5.32 Å². The number of nitrogens with zero attached hydrogens (tertiary/aromatic N) is 1. The number of phenolic OH excluding ortho intramolecular Hbond substituents is 1. The molecule has 7 heteroatoms. The lowest BCUT2D eigenvalue weighted by molar-refractivity contribution is -0.132. The standard InChI is InChI=1S/C13H14Cl2N2O3/c1-17-6-8(2-3-11(17)19)16-13(20)12-9(15)4-7(14)5-10(12)18/h4-5,8,18H,2-3,6H2,1H3,(H,16,20)/t8-/m0/s1. The van der Waals surface area contributed by atoms with Crippen LogP contribution in [0.1, 0.15) is 23.2 Å². The molecule has 1 aliphatic heterocycles. The third-order valence-electron chi connectivity index (χ3n) is 3.22. The number of halogens is 2. The number of rotatable bonds is 2. The molecule has 1 fully saturated rings. The normalized spacial score (nSPS) is 19.1. The van der Waals surface area contributed by atoms with Crippen LogP contribution in [0.3, 0.4) is 0 Å². The summed E-state index contributed by atoms with van der Waals surface area (Å²) in [7, 11) is 1.69. The summed E-state index contributed by atoms with van der Waals surface area (Å²) in [6, 6.07) is 2.50. The van der Waals surface area contributed by atoms with Gasteiger partial charge in [-0.2, -0.15) is 0 Å². The van der Waals surface area contributed by atoms with Crippen molar-refractivity contribution in [1.82, 2.24) is 10.2 Å². The van der Waals surface area contributed by atoms with Crippen molar-refractivity contribution in [2.24, 2.45) is 0 Å². The highest BCUT2D eigenvalue weighted by Gasteiger charge is 2.26. The van der Waals surface area contributed by atoms with Crippen LogP contribution in [-0.4, -0.2) is 41.5 Å². The number of aromatic hydroxyl groups is 1. The van der Waals surface area contributed by atoms with Crippen molar-refractivity contribution in [3.8, 4) is 5.75 Å². The number of carbonyl (C=O) groups is 2. The van der Waals surface area contributed by atoms with E-state index in [0.29, 0.717) is 19.4 Å². The minimum absolute atomic E-state index is 0.00406. The smallest absolute Gasteiger partial charge is 0.256 e. The average Bonchev–Trinajstić information content (AvgIpc) is 2.32. The van der Waals surface area contributed by atoms with Crippen LogP contribution in [0.5, 0.6) is 5.75 Å². The quantitative estimate of drug-likeness (QED) is 0.877. The Labute approximate surface area is 126 Å². The van der Waals surface area contributed by atoms with Crippen molar-refractivity contribution in [1.29, 1.82) is 0 Å². The zero-order valence-electron chi connectivity index (χ0n) is 10.8. The monoisotopic (exact) mass is 316 g/mol. The summed E-state index contributed by atoms with van der Waals surface area (Å²) in [5, 5.41) is 12.9. The molecule has 0 aromatic heterocycles. The first kappa shape index (κ1) is 14.9. The van der Waals surface area contributed by atoms with Gasteiger partial charge in [-0.3, -0.25) is 9.59 Å². The Kier molecular flexibility index (Phi) is 4.40. The van der Waals surface area contributed by atoms with Crippen LogP contribution in [0.2, 0.25) is 10.0 Å². The van der Waals surface area contributed by atoms with Gasteiger partial charge in [-0.05, 0) is 18.6 Å². The summed E-state index contributed by atoms with van der Waals surface area (Å²) < 4.78 is 0. The number of carbonyl (C=O) groups excluding carboxylic acids is 2. The second kappa shape index (κ2) is 5.89.